The molecule has 8 heteroatoms. The number of nitrogens with zero attached hydrogens (tertiary/aromatic N) is 4. The zero-order chi connectivity index (χ0) is 26.7. The average Bonchev–Trinajstić information content (AvgIpc) is 3.16. The summed E-state index contributed by atoms with van der Waals surface area (Å²) >= 11 is 0. The van der Waals surface area contributed by atoms with E-state index in [0.29, 0.717) is 44.9 Å². The molecule has 8 nitrogen and oxygen atoms in total. The number of ether oxygens (including phenoxy) is 2. The van der Waals surface area contributed by atoms with Gasteiger partial charge in [-0.05, 0) is 56.9 Å². The minimum Gasteiger partial charge on any atom is -0.445 e. The van der Waals surface area contributed by atoms with Gasteiger partial charge in [-0.25, -0.2) is 9.59 Å². The lowest BCUT2D eigenvalue weighted by atomic mass is 10.1. The van der Waals surface area contributed by atoms with Crippen LogP contribution in [0.1, 0.15) is 44.7 Å². The van der Waals surface area contributed by atoms with Crippen molar-refractivity contribution < 1.29 is 19.1 Å². The summed E-state index contributed by atoms with van der Waals surface area (Å²) in [4.78, 5) is 33.8. The lowest BCUT2D eigenvalue weighted by Crippen LogP contribution is -2.56. The summed E-state index contributed by atoms with van der Waals surface area (Å²) in [5.74, 6) is 0. The Balaban J connectivity index is 1.12. The highest BCUT2D eigenvalue weighted by atomic mass is 16.6. The van der Waals surface area contributed by atoms with Crippen molar-refractivity contribution in [3.63, 3.8) is 0 Å². The van der Waals surface area contributed by atoms with E-state index >= 15 is 0 Å². The Morgan fingerprint density at radius 2 is 1.47 bits per heavy atom. The molecule has 0 saturated carbocycles. The Morgan fingerprint density at radius 3 is 2.13 bits per heavy atom. The summed E-state index contributed by atoms with van der Waals surface area (Å²) in [5.41, 5.74) is 3.04. The summed E-state index contributed by atoms with van der Waals surface area (Å²) in [5, 5.41) is 0. The second-order valence-corrected chi connectivity index (χ2v) is 11.7. The number of amides is 2. The van der Waals surface area contributed by atoms with Gasteiger partial charge >= 0.3 is 12.2 Å². The number of carbonyl (C=O) groups excluding carboxylic acids is 2. The number of fused-ring (bicyclic) bond motifs is 2. The van der Waals surface area contributed by atoms with Crippen molar-refractivity contribution in [3.8, 4) is 0 Å². The van der Waals surface area contributed by atoms with E-state index in [1.807, 2.05) is 56.0 Å². The van der Waals surface area contributed by atoms with Crippen molar-refractivity contribution in [3.05, 3.63) is 65.7 Å². The minimum atomic E-state index is -0.477. The minimum absolute atomic E-state index is 0.203. The fraction of sp³-hybridized carbons (Fsp3) is 0.533. The third-order valence-corrected chi connectivity index (χ3v) is 7.58. The maximum absolute atomic E-state index is 12.7. The zero-order valence-electron chi connectivity index (χ0n) is 22.8. The SMILES string of the molecule is CC(C)(C)OC(=O)N1C[C@H]2CC[C@@H](C1)N2c1cccc(CN2CCN(C(=O)OCc3ccccc3)CC2)c1. The van der Waals surface area contributed by atoms with Gasteiger partial charge in [0, 0.05) is 63.6 Å². The Hall–Kier alpha value is -3.26. The molecule has 3 aliphatic heterocycles. The first-order valence-electron chi connectivity index (χ1n) is 13.8. The van der Waals surface area contributed by atoms with Gasteiger partial charge in [-0.2, -0.15) is 0 Å². The number of anilines is 1. The van der Waals surface area contributed by atoms with E-state index in [1.54, 1.807) is 4.90 Å². The predicted octanol–water partition coefficient (Wildman–Crippen LogP) is 4.73. The number of hydrogen-bond donors (Lipinski definition) is 0. The van der Waals surface area contributed by atoms with Gasteiger partial charge in [0.2, 0.25) is 0 Å². The predicted molar refractivity (Wildman–Crippen MR) is 147 cm³/mol. The highest BCUT2D eigenvalue weighted by molar-refractivity contribution is 5.69. The first-order chi connectivity index (χ1) is 18.2. The van der Waals surface area contributed by atoms with E-state index < -0.39 is 5.60 Å². The molecule has 0 unspecified atom stereocenters. The summed E-state index contributed by atoms with van der Waals surface area (Å²) < 4.78 is 11.1. The molecule has 3 aliphatic rings. The zero-order valence-corrected chi connectivity index (χ0v) is 22.8. The number of hydrogen-bond acceptors (Lipinski definition) is 6. The van der Waals surface area contributed by atoms with Crippen LogP contribution in [0.2, 0.25) is 0 Å². The molecule has 3 fully saturated rings. The molecule has 0 aliphatic carbocycles. The van der Waals surface area contributed by atoms with Gasteiger partial charge in [-0.15, -0.1) is 0 Å². The maximum atomic E-state index is 12.7. The van der Waals surface area contributed by atoms with E-state index in [0.717, 1.165) is 38.0 Å². The summed E-state index contributed by atoms with van der Waals surface area (Å²) in [6.45, 7) is 11.3. The number of rotatable bonds is 5. The molecule has 2 aromatic rings. The van der Waals surface area contributed by atoms with E-state index in [-0.39, 0.29) is 12.2 Å². The molecule has 3 saturated heterocycles. The molecule has 0 radical (unpaired) electrons. The van der Waals surface area contributed by atoms with Crippen LogP contribution in [0.25, 0.3) is 0 Å². The lowest BCUT2D eigenvalue weighted by Gasteiger charge is -2.42. The van der Waals surface area contributed by atoms with Crippen LogP contribution in [0.4, 0.5) is 15.3 Å². The van der Waals surface area contributed by atoms with Gasteiger partial charge in [-0.1, -0.05) is 42.5 Å². The standard InChI is InChI=1S/C30H40N4O4/c1-30(2,3)38-29(36)33-20-26-12-13-27(21-33)34(26)25-11-7-10-24(18-25)19-31-14-16-32(17-15-31)28(35)37-22-23-8-5-4-6-9-23/h4-11,18,26-27H,12-17,19-22H2,1-3H3/t26-,27+. The molecule has 5 rings (SSSR count). The molecule has 2 aromatic carbocycles. The van der Waals surface area contributed by atoms with Crippen LogP contribution in [0.5, 0.6) is 0 Å². The summed E-state index contributed by atoms with van der Waals surface area (Å²) in [6, 6.07) is 19.2. The molecule has 0 aromatic heterocycles. The smallest absolute Gasteiger partial charge is 0.410 e. The number of benzene rings is 2. The Labute approximate surface area is 226 Å². The van der Waals surface area contributed by atoms with E-state index in [1.165, 1.54) is 11.3 Å². The molecule has 2 amide bonds. The molecule has 0 spiro atoms. The van der Waals surface area contributed by atoms with Crippen LogP contribution in [0.15, 0.2) is 54.6 Å². The lowest BCUT2D eigenvalue weighted by molar-refractivity contribution is 0.0209. The van der Waals surface area contributed by atoms with Crippen molar-refractivity contribution in [1.82, 2.24) is 14.7 Å². The summed E-state index contributed by atoms with van der Waals surface area (Å²) in [7, 11) is 0. The molecular formula is C30H40N4O4. The third kappa shape index (κ3) is 6.41. The number of piperazine rings is 2. The largest absolute Gasteiger partial charge is 0.445 e. The van der Waals surface area contributed by atoms with Crippen LogP contribution in [-0.4, -0.2) is 83.8 Å². The van der Waals surface area contributed by atoms with Crippen molar-refractivity contribution in [2.45, 2.75) is 64.4 Å². The molecule has 204 valence electrons. The van der Waals surface area contributed by atoms with Crippen LogP contribution in [-0.2, 0) is 22.6 Å². The van der Waals surface area contributed by atoms with Crippen LogP contribution in [0, 0.1) is 0 Å². The van der Waals surface area contributed by atoms with Crippen molar-refractivity contribution in [2.24, 2.45) is 0 Å². The normalized spacial score (nSPS) is 21.9. The third-order valence-electron chi connectivity index (χ3n) is 7.58. The van der Waals surface area contributed by atoms with E-state index in [9.17, 15) is 9.59 Å². The van der Waals surface area contributed by atoms with Gasteiger partial charge in [0.25, 0.3) is 0 Å². The molecule has 0 N–H and O–H groups in total. The first-order valence-corrected chi connectivity index (χ1v) is 13.8. The molecular weight excluding hydrogens is 480 g/mol. The monoisotopic (exact) mass is 520 g/mol. The Morgan fingerprint density at radius 1 is 0.816 bits per heavy atom. The molecule has 2 bridgehead atoms. The average molecular weight is 521 g/mol. The maximum Gasteiger partial charge on any atom is 0.410 e. The van der Waals surface area contributed by atoms with E-state index in [2.05, 4.69) is 34.1 Å². The molecule has 2 atom stereocenters. The number of likely N-dealkylation sites (tertiary alicyclic amines) is 1. The van der Waals surface area contributed by atoms with Gasteiger partial charge in [0.15, 0.2) is 0 Å². The van der Waals surface area contributed by atoms with Gasteiger partial charge in [0.05, 0.1) is 0 Å². The molecule has 38 heavy (non-hydrogen) atoms. The Bertz CT molecular complexity index is 1100. The second kappa shape index (κ2) is 11.2. The van der Waals surface area contributed by atoms with Crippen molar-refractivity contribution in [2.75, 3.05) is 44.2 Å². The summed E-state index contributed by atoms with van der Waals surface area (Å²) in [6.07, 6.45) is 1.75. The topological polar surface area (TPSA) is 65.6 Å². The highest BCUT2D eigenvalue weighted by Gasteiger charge is 2.42. The van der Waals surface area contributed by atoms with Crippen LogP contribution < -0.4 is 4.90 Å². The second-order valence-electron chi connectivity index (χ2n) is 11.7. The quantitative estimate of drug-likeness (QED) is 0.568. The van der Waals surface area contributed by atoms with E-state index in [4.69, 9.17) is 9.47 Å². The van der Waals surface area contributed by atoms with Crippen LogP contribution in [0.3, 0.4) is 0 Å². The number of carbonyl (C=O) groups is 2. The van der Waals surface area contributed by atoms with Gasteiger partial charge in [-0.3, -0.25) is 4.90 Å². The fourth-order valence-corrected chi connectivity index (χ4v) is 5.77. The van der Waals surface area contributed by atoms with Crippen molar-refractivity contribution in [1.29, 1.82) is 0 Å². The Kier molecular flexibility index (Phi) is 7.79. The van der Waals surface area contributed by atoms with Crippen molar-refractivity contribution >= 4 is 17.9 Å². The van der Waals surface area contributed by atoms with Gasteiger partial charge < -0.3 is 24.2 Å². The first kappa shape index (κ1) is 26.4. The van der Waals surface area contributed by atoms with Gasteiger partial charge in [0.1, 0.15) is 12.2 Å². The van der Waals surface area contributed by atoms with Crippen LogP contribution >= 0.6 is 0 Å². The highest BCUT2D eigenvalue weighted by Crippen LogP contribution is 2.36. The molecule has 3 heterocycles. The fourth-order valence-electron chi connectivity index (χ4n) is 5.77.